The zero-order valence-electron chi connectivity index (χ0n) is 15.7. The van der Waals surface area contributed by atoms with E-state index in [1.807, 2.05) is 11.3 Å². The lowest BCUT2D eigenvalue weighted by atomic mass is 9.72. The van der Waals surface area contributed by atoms with Crippen molar-refractivity contribution in [3.05, 3.63) is 73.8 Å². The number of rotatable bonds is 2. The maximum absolute atomic E-state index is 4.56. The van der Waals surface area contributed by atoms with Crippen molar-refractivity contribution in [1.82, 2.24) is 0 Å². The van der Waals surface area contributed by atoms with Gasteiger partial charge in [0.2, 0.25) is 0 Å². The Hall–Kier alpha value is -0.590. The van der Waals surface area contributed by atoms with Crippen LogP contribution in [0.25, 0.3) is 9.81 Å². The molecule has 0 aromatic carbocycles. The summed E-state index contributed by atoms with van der Waals surface area (Å²) in [6, 6.07) is 8.81. The largest absolute Gasteiger partial charge is 0.143 e. The van der Waals surface area contributed by atoms with Gasteiger partial charge in [-0.05, 0) is 91.1 Å². The SMILES string of the molecule is C[C@@]12SC(c3cccs3)=CC1=C1CCCC1=C1C=C(c3ccc(S)s3)S[C@]12C. The molecule has 0 unspecified atom stereocenters. The quantitative estimate of drug-likeness (QED) is 0.451. The summed E-state index contributed by atoms with van der Waals surface area (Å²) < 4.78 is 1.24. The molecule has 1 saturated carbocycles. The van der Waals surface area contributed by atoms with E-state index < -0.39 is 0 Å². The van der Waals surface area contributed by atoms with E-state index in [9.17, 15) is 0 Å². The van der Waals surface area contributed by atoms with Gasteiger partial charge in [0.15, 0.2) is 0 Å². The molecule has 4 heterocycles. The van der Waals surface area contributed by atoms with E-state index in [1.54, 1.807) is 33.6 Å². The molecule has 5 heteroatoms. The second-order valence-corrected chi connectivity index (χ2v) is 13.8. The lowest BCUT2D eigenvalue weighted by Crippen LogP contribution is -2.47. The van der Waals surface area contributed by atoms with E-state index in [4.69, 9.17) is 0 Å². The van der Waals surface area contributed by atoms with Gasteiger partial charge in [0.25, 0.3) is 0 Å². The Balaban J connectivity index is 1.53. The summed E-state index contributed by atoms with van der Waals surface area (Å²) in [7, 11) is 0. The predicted octanol–water partition coefficient (Wildman–Crippen LogP) is 8.28. The Kier molecular flexibility index (Phi) is 4.04. The fourth-order valence-corrected chi connectivity index (χ4v) is 10.3. The van der Waals surface area contributed by atoms with Gasteiger partial charge in [0, 0.05) is 19.6 Å². The molecule has 0 radical (unpaired) electrons. The van der Waals surface area contributed by atoms with Gasteiger partial charge in [-0.3, -0.25) is 0 Å². The lowest BCUT2D eigenvalue weighted by Gasteiger charge is -2.47. The number of thiol groups is 1. The molecule has 0 nitrogen and oxygen atoms in total. The zero-order chi connectivity index (χ0) is 19.1. The maximum atomic E-state index is 4.56. The Labute approximate surface area is 188 Å². The maximum Gasteiger partial charge on any atom is 0.0619 e. The first kappa shape index (κ1) is 18.2. The highest BCUT2D eigenvalue weighted by atomic mass is 32.2. The monoisotopic (exact) mass is 456 g/mol. The summed E-state index contributed by atoms with van der Waals surface area (Å²) in [6.07, 6.45) is 8.80. The van der Waals surface area contributed by atoms with E-state index in [0.717, 1.165) is 4.21 Å². The first-order chi connectivity index (χ1) is 13.5. The average molecular weight is 457 g/mol. The van der Waals surface area contributed by atoms with Gasteiger partial charge in [-0.2, -0.15) is 0 Å². The number of thiophene rings is 2. The highest BCUT2D eigenvalue weighted by Gasteiger charge is 2.59. The minimum atomic E-state index is 0.0712. The van der Waals surface area contributed by atoms with Crippen LogP contribution in [0.5, 0.6) is 0 Å². The van der Waals surface area contributed by atoms with Crippen LogP contribution in [0, 0.1) is 0 Å². The van der Waals surface area contributed by atoms with Crippen LogP contribution in [-0.2, 0) is 0 Å². The summed E-state index contributed by atoms with van der Waals surface area (Å²) in [6.45, 7) is 4.99. The molecular weight excluding hydrogens is 437 g/mol. The zero-order valence-corrected chi connectivity index (χ0v) is 19.9. The third kappa shape index (κ3) is 2.34. The number of fused-ring (bicyclic) bond motifs is 4. The molecule has 2 aromatic heterocycles. The van der Waals surface area contributed by atoms with Gasteiger partial charge >= 0.3 is 0 Å². The normalized spacial score (nSPS) is 31.1. The smallest absolute Gasteiger partial charge is 0.0619 e. The Morgan fingerprint density at radius 1 is 0.857 bits per heavy atom. The summed E-state index contributed by atoms with van der Waals surface area (Å²) in [5, 5.41) is 2.20. The molecule has 2 aliphatic heterocycles. The van der Waals surface area contributed by atoms with E-state index >= 15 is 0 Å². The van der Waals surface area contributed by atoms with Crippen LogP contribution in [0.1, 0.15) is 42.9 Å². The molecule has 4 aliphatic rings. The minimum Gasteiger partial charge on any atom is -0.143 e. The van der Waals surface area contributed by atoms with E-state index in [2.05, 4.69) is 91.8 Å². The molecular formula is C23H20S5. The van der Waals surface area contributed by atoms with Gasteiger partial charge in [-0.1, -0.05) is 6.07 Å². The molecule has 0 N–H and O–H groups in total. The Morgan fingerprint density at radius 3 is 2.04 bits per heavy atom. The molecule has 6 rings (SSSR count). The van der Waals surface area contributed by atoms with Crippen LogP contribution in [0.3, 0.4) is 0 Å². The van der Waals surface area contributed by atoms with Gasteiger partial charge in [-0.25, -0.2) is 0 Å². The average Bonchev–Trinajstić information content (AvgIpc) is 3.44. The van der Waals surface area contributed by atoms with Crippen molar-refractivity contribution in [2.24, 2.45) is 0 Å². The highest BCUT2D eigenvalue weighted by molar-refractivity contribution is 8.14. The van der Waals surface area contributed by atoms with Crippen molar-refractivity contribution in [2.75, 3.05) is 0 Å². The number of thioether (sulfide) groups is 2. The first-order valence-electron chi connectivity index (χ1n) is 9.62. The third-order valence-corrected chi connectivity index (χ3v) is 12.4. The molecule has 0 saturated heterocycles. The van der Waals surface area contributed by atoms with E-state index in [-0.39, 0.29) is 9.49 Å². The third-order valence-electron chi connectivity index (χ3n) is 6.58. The van der Waals surface area contributed by atoms with Crippen molar-refractivity contribution in [1.29, 1.82) is 0 Å². The molecule has 2 aromatic rings. The van der Waals surface area contributed by atoms with Gasteiger partial charge < -0.3 is 0 Å². The van der Waals surface area contributed by atoms with Crippen LogP contribution in [-0.4, -0.2) is 9.49 Å². The summed E-state index contributed by atoms with van der Waals surface area (Å²) in [4.78, 5) is 5.65. The molecule has 2 aliphatic carbocycles. The molecule has 28 heavy (non-hydrogen) atoms. The molecule has 0 bridgehead atoms. The topological polar surface area (TPSA) is 0 Å². The standard InChI is InChI=1S/C23H20S5/c1-22-15(11-19(27-22)17-7-4-10-25-17)13-5-3-6-14(13)16-12-20(28-23(16,22)2)18-8-9-21(24)26-18/h4,7-12,24H,3,5-6H2,1-2H3/t22-,23-/m1/s1. The molecule has 0 amide bonds. The van der Waals surface area contributed by atoms with Crippen LogP contribution in [0.4, 0.5) is 0 Å². The van der Waals surface area contributed by atoms with Crippen LogP contribution >= 0.6 is 58.8 Å². The van der Waals surface area contributed by atoms with Crippen molar-refractivity contribution < 1.29 is 0 Å². The summed E-state index contributed by atoms with van der Waals surface area (Å²) in [5.41, 5.74) is 6.48. The first-order valence-corrected chi connectivity index (χ1v) is 13.4. The molecule has 142 valence electrons. The van der Waals surface area contributed by atoms with Crippen molar-refractivity contribution in [3.8, 4) is 0 Å². The van der Waals surface area contributed by atoms with E-state index in [1.165, 1.54) is 38.8 Å². The molecule has 0 spiro atoms. The molecule has 2 atom stereocenters. The van der Waals surface area contributed by atoms with Gasteiger partial charge in [0.1, 0.15) is 0 Å². The van der Waals surface area contributed by atoms with Crippen molar-refractivity contribution in [2.45, 2.75) is 46.8 Å². The summed E-state index contributed by atoms with van der Waals surface area (Å²) >= 11 is 12.4. The fraction of sp³-hybridized carbons (Fsp3) is 0.304. The fourth-order valence-electron chi connectivity index (χ4n) is 5.07. The lowest BCUT2D eigenvalue weighted by molar-refractivity contribution is 0.607. The van der Waals surface area contributed by atoms with E-state index in [0.29, 0.717) is 0 Å². The molecule has 1 fully saturated rings. The highest BCUT2D eigenvalue weighted by Crippen LogP contribution is 2.70. The second-order valence-electron chi connectivity index (χ2n) is 8.04. The summed E-state index contributed by atoms with van der Waals surface area (Å²) in [5.74, 6) is 0. The van der Waals surface area contributed by atoms with Crippen molar-refractivity contribution in [3.63, 3.8) is 0 Å². The van der Waals surface area contributed by atoms with Gasteiger partial charge in [0.05, 0.1) is 13.7 Å². The van der Waals surface area contributed by atoms with Crippen LogP contribution < -0.4 is 0 Å². The number of hydrogen-bond acceptors (Lipinski definition) is 5. The Morgan fingerprint density at radius 2 is 1.50 bits per heavy atom. The number of hydrogen-bond donors (Lipinski definition) is 1. The predicted molar refractivity (Wildman–Crippen MR) is 132 cm³/mol. The van der Waals surface area contributed by atoms with Crippen molar-refractivity contribution >= 4 is 68.6 Å². The van der Waals surface area contributed by atoms with Crippen LogP contribution in [0.15, 0.2) is 68.3 Å². The van der Waals surface area contributed by atoms with Crippen LogP contribution in [0.2, 0.25) is 0 Å². The van der Waals surface area contributed by atoms with Gasteiger partial charge in [-0.15, -0.1) is 58.8 Å². The second kappa shape index (κ2) is 6.21. The minimum absolute atomic E-state index is 0.0712. The Bertz CT molecular complexity index is 1120. The number of allylic oxidation sites excluding steroid dienone is 4.